The number of unbranched alkanes of at least 4 members (excludes halogenated alkanes) is 17. The van der Waals surface area contributed by atoms with E-state index in [2.05, 4.69) is 12.2 Å². The number of phenols is 1. The van der Waals surface area contributed by atoms with E-state index in [4.69, 9.17) is 5.73 Å². The number of benzene rings is 1. The van der Waals surface area contributed by atoms with Crippen molar-refractivity contribution in [2.24, 2.45) is 5.73 Å². The summed E-state index contributed by atoms with van der Waals surface area (Å²) in [6, 6.07) is 6.60. The molecule has 0 bridgehead atoms. The molecule has 3 amide bonds. The molecule has 0 saturated heterocycles. The average molecular weight is 518 g/mol. The first-order chi connectivity index (χ1) is 18.0. The Morgan fingerprint density at radius 1 is 0.703 bits per heavy atom. The highest BCUT2D eigenvalue weighted by Crippen LogP contribution is 2.20. The van der Waals surface area contributed by atoms with Gasteiger partial charge in [-0.3, -0.25) is 9.69 Å². The Morgan fingerprint density at radius 2 is 1.16 bits per heavy atom. The van der Waals surface area contributed by atoms with Gasteiger partial charge in [-0.2, -0.15) is 0 Å². The molecule has 1 aromatic rings. The number of anilines is 1. The molecule has 1 rings (SSSR count). The number of hydrogen-bond acceptors (Lipinski definition) is 3. The fourth-order valence-corrected chi connectivity index (χ4v) is 4.69. The largest absolute Gasteiger partial charge is 0.508 e. The van der Waals surface area contributed by atoms with E-state index in [1.165, 1.54) is 89.9 Å². The first kappa shape index (κ1) is 32.8. The molecule has 6 heteroatoms. The van der Waals surface area contributed by atoms with Crippen LogP contribution in [0.5, 0.6) is 5.75 Å². The second kappa shape index (κ2) is 22.9. The first-order valence-corrected chi connectivity index (χ1v) is 15.2. The number of urea groups is 1. The van der Waals surface area contributed by atoms with Gasteiger partial charge in [0.1, 0.15) is 5.75 Å². The third-order valence-corrected chi connectivity index (χ3v) is 7.02. The van der Waals surface area contributed by atoms with Gasteiger partial charge in [0.25, 0.3) is 0 Å². The second-order valence-corrected chi connectivity index (χ2v) is 10.5. The van der Waals surface area contributed by atoms with Crippen LogP contribution in [0.1, 0.15) is 135 Å². The number of nitrogens with two attached hydrogens (primary N) is 1. The summed E-state index contributed by atoms with van der Waals surface area (Å²) in [6.45, 7) is 3.51. The number of carbonyl (C=O) groups is 2. The number of nitrogens with one attached hydrogen (secondary N) is 1. The van der Waals surface area contributed by atoms with Gasteiger partial charge in [-0.25, -0.2) is 4.79 Å². The number of phenolic OH excluding ortho intramolecular Hbond substituents is 1. The molecule has 0 fully saturated rings. The molecular weight excluding hydrogens is 462 g/mol. The van der Waals surface area contributed by atoms with Crippen LogP contribution in [0.3, 0.4) is 0 Å². The molecule has 0 spiro atoms. The number of carbonyl (C=O) groups excluding carboxylic acids is 2. The summed E-state index contributed by atoms with van der Waals surface area (Å²) < 4.78 is 0. The van der Waals surface area contributed by atoms with E-state index in [1.807, 2.05) is 0 Å². The molecule has 0 unspecified atom stereocenters. The summed E-state index contributed by atoms with van der Waals surface area (Å²) in [4.78, 5) is 25.5. The van der Waals surface area contributed by atoms with E-state index in [9.17, 15) is 14.7 Å². The second-order valence-electron chi connectivity index (χ2n) is 10.5. The molecule has 37 heavy (non-hydrogen) atoms. The van der Waals surface area contributed by atoms with Crippen LogP contribution in [0.25, 0.3) is 0 Å². The molecule has 0 aliphatic heterocycles. The van der Waals surface area contributed by atoms with Crippen molar-refractivity contribution in [3.05, 3.63) is 24.3 Å². The Kier molecular flexibility index (Phi) is 20.3. The number of aromatic hydroxyl groups is 1. The molecule has 0 aromatic heterocycles. The van der Waals surface area contributed by atoms with Crippen LogP contribution in [-0.2, 0) is 4.79 Å². The lowest BCUT2D eigenvalue weighted by Crippen LogP contribution is -2.41. The lowest BCUT2D eigenvalue weighted by atomic mass is 10.0. The van der Waals surface area contributed by atoms with Crippen LogP contribution in [0.15, 0.2) is 24.3 Å². The molecule has 6 nitrogen and oxygen atoms in total. The van der Waals surface area contributed by atoms with E-state index < -0.39 is 0 Å². The predicted octanol–water partition coefficient (Wildman–Crippen LogP) is 8.22. The number of hydrogen-bond donors (Lipinski definition) is 3. The zero-order chi connectivity index (χ0) is 27.0. The van der Waals surface area contributed by atoms with Crippen LogP contribution >= 0.6 is 0 Å². The molecule has 4 N–H and O–H groups in total. The smallest absolute Gasteiger partial charge is 0.321 e. The Morgan fingerprint density at radius 3 is 1.65 bits per heavy atom. The zero-order valence-corrected chi connectivity index (χ0v) is 23.7. The topological polar surface area (TPSA) is 95.7 Å². The Bertz CT molecular complexity index is 693. The number of amides is 3. The van der Waals surface area contributed by atoms with Crippen LogP contribution in [0.4, 0.5) is 10.5 Å². The van der Waals surface area contributed by atoms with Crippen LogP contribution in [-0.4, -0.2) is 30.1 Å². The SMILES string of the molecule is CCCCCCCCCCCCCCCCCCNC(=O)N(CCCCCC(N)=O)c1ccc(O)cc1. The third kappa shape index (κ3) is 18.6. The van der Waals surface area contributed by atoms with Gasteiger partial charge in [0.2, 0.25) is 5.91 Å². The third-order valence-electron chi connectivity index (χ3n) is 7.02. The van der Waals surface area contributed by atoms with Crippen molar-refractivity contribution in [2.75, 3.05) is 18.0 Å². The van der Waals surface area contributed by atoms with Gasteiger partial charge in [-0.15, -0.1) is 0 Å². The monoisotopic (exact) mass is 517 g/mol. The summed E-state index contributed by atoms with van der Waals surface area (Å²) in [5.41, 5.74) is 5.97. The molecule has 0 saturated carbocycles. The Hall–Kier alpha value is -2.24. The fraction of sp³-hybridized carbons (Fsp3) is 0.742. The van der Waals surface area contributed by atoms with Gasteiger partial charge in [0, 0.05) is 25.2 Å². The molecule has 0 aliphatic rings. The highest BCUT2D eigenvalue weighted by molar-refractivity contribution is 5.91. The van der Waals surface area contributed by atoms with E-state index in [-0.39, 0.29) is 17.7 Å². The van der Waals surface area contributed by atoms with Gasteiger partial charge in [0.15, 0.2) is 0 Å². The zero-order valence-electron chi connectivity index (χ0n) is 23.7. The lowest BCUT2D eigenvalue weighted by molar-refractivity contribution is -0.118. The maximum Gasteiger partial charge on any atom is 0.321 e. The van der Waals surface area contributed by atoms with Crippen LogP contribution in [0, 0.1) is 0 Å². The van der Waals surface area contributed by atoms with Crippen molar-refractivity contribution < 1.29 is 14.7 Å². The molecule has 0 heterocycles. The maximum absolute atomic E-state index is 12.8. The molecule has 1 aromatic carbocycles. The van der Waals surface area contributed by atoms with Crippen molar-refractivity contribution in [2.45, 2.75) is 135 Å². The normalized spacial score (nSPS) is 10.9. The van der Waals surface area contributed by atoms with Gasteiger partial charge < -0.3 is 16.2 Å². The summed E-state index contributed by atoms with van der Waals surface area (Å²) in [7, 11) is 0. The van der Waals surface area contributed by atoms with E-state index in [0.717, 1.165) is 37.8 Å². The fourth-order valence-electron chi connectivity index (χ4n) is 4.69. The van der Waals surface area contributed by atoms with Gasteiger partial charge in [-0.1, -0.05) is 110 Å². The minimum atomic E-state index is -0.285. The van der Waals surface area contributed by atoms with Crippen molar-refractivity contribution in [3.63, 3.8) is 0 Å². The van der Waals surface area contributed by atoms with Gasteiger partial charge in [-0.05, 0) is 43.5 Å². The van der Waals surface area contributed by atoms with Gasteiger partial charge >= 0.3 is 6.03 Å². The van der Waals surface area contributed by atoms with E-state index >= 15 is 0 Å². The van der Waals surface area contributed by atoms with E-state index in [0.29, 0.717) is 19.5 Å². The van der Waals surface area contributed by atoms with Crippen molar-refractivity contribution in [3.8, 4) is 5.75 Å². The highest BCUT2D eigenvalue weighted by atomic mass is 16.3. The summed E-state index contributed by atoms with van der Waals surface area (Å²) in [5, 5.41) is 12.6. The predicted molar refractivity (Wildman–Crippen MR) is 156 cm³/mol. The Labute approximate surface area is 226 Å². The number of nitrogens with zero attached hydrogens (tertiary/aromatic N) is 1. The van der Waals surface area contributed by atoms with Crippen LogP contribution in [0.2, 0.25) is 0 Å². The number of primary amides is 1. The van der Waals surface area contributed by atoms with Crippen LogP contribution < -0.4 is 16.0 Å². The molecule has 212 valence electrons. The van der Waals surface area contributed by atoms with Gasteiger partial charge in [0.05, 0.1) is 0 Å². The quantitative estimate of drug-likeness (QED) is 0.121. The molecule has 0 radical (unpaired) electrons. The molecule has 0 aliphatic carbocycles. The summed E-state index contributed by atoms with van der Waals surface area (Å²) >= 11 is 0. The van der Waals surface area contributed by atoms with Crippen molar-refractivity contribution in [1.82, 2.24) is 5.32 Å². The molecular formula is C31H55N3O3. The lowest BCUT2D eigenvalue weighted by Gasteiger charge is -2.23. The van der Waals surface area contributed by atoms with Crippen molar-refractivity contribution >= 4 is 17.6 Å². The number of rotatable bonds is 24. The summed E-state index contributed by atoms with van der Waals surface area (Å²) in [5.74, 6) is -0.106. The standard InChI is InChI=1S/C31H55N3O3/c1-2-3-4-5-6-7-8-9-10-11-12-13-14-15-16-19-26-33-31(37)34(27-20-17-18-21-30(32)36)28-22-24-29(35)25-23-28/h22-25,35H,2-21,26-27H2,1H3,(H2,32,36)(H,33,37). The average Bonchev–Trinajstić information content (AvgIpc) is 2.88. The molecule has 0 atom stereocenters. The minimum Gasteiger partial charge on any atom is -0.508 e. The first-order valence-electron chi connectivity index (χ1n) is 15.2. The maximum atomic E-state index is 12.8. The highest BCUT2D eigenvalue weighted by Gasteiger charge is 2.15. The summed E-state index contributed by atoms with van der Waals surface area (Å²) in [6.07, 6.45) is 24.1. The minimum absolute atomic E-state index is 0.110. The van der Waals surface area contributed by atoms with E-state index in [1.54, 1.807) is 29.2 Å². The van der Waals surface area contributed by atoms with Crippen molar-refractivity contribution in [1.29, 1.82) is 0 Å². The Balaban J connectivity index is 2.09.